The summed E-state index contributed by atoms with van der Waals surface area (Å²) in [4.78, 5) is 23.1. The largest absolute Gasteiger partial charge is 0.444 e. The molecular formula is C21H32N2O4. The van der Waals surface area contributed by atoms with Crippen LogP contribution in [0.3, 0.4) is 0 Å². The van der Waals surface area contributed by atoms with Crippen LogP contribution in [-0.2, 0) is 21.3 Å². The van der Waals surface area contributed by atoms with Crippen LogP contribution < -0.4 is 11.5 Å². The third-order valence-electron chi connectivity index (χ3n) is 6.16. The Kier molecular flexibility index (Phi) is 6.20. The van der Waals surface area contributed by atoms with Crippen molar-refractivity contribution in [2.24, 2.45) is 17.4 Å². The zero-order chi connectivity index (χ0) is 20.4. The smallest absolute Gasteiger partial charge is 0.405 e. The lowest BCUT2D eigenvalue weighted by Crippen LogP contribution is -2.50. The second kappa shape index (κ2) is 7.89. The molecule has 1 aliphatic carbocycles. The molecule has 0 unspecified atom stereocenters. The van der Waals surface area contributed by atoms with Gasteiger partial charge in [0.05, 0.1) is 6.10 Å². The van der Waals surface area contributed by atoms with Gasteiger partial charge >= 0.3 is 6.09 Å². The van der Waals surface area contributed by atoms with Crippen molar-refractivity contribution < 1.29 is 19.1 Å². The number of nitrogens with two attached hydrogens (primary N) is 2. The Labute approximate surface area is 161 Å². The Morgan fingerprint density at radius 2 is 1.85 bits per heavy atom. The zero-order valence-electron chi connectivity index (χ0n) is 17.0. The summed E-state index contributed by atoms with van der Waals surface area (Å²) in [6, 6.07) is 5.71. The molecule has 0 fully saturated rings. The van der Waals surface area contributed by atoms with Gasteiger partial charge in [-0.05, 0) is 68.7 Å². The normalized spacial score (nSPS) is 21.4. The first kappa shape index (κ1) is 21.2. The SMILES string of the molecule is CCC1(CC)c2cc(C(N)=O)ccc2C[C@@H](OC)[C@@H]1CC(C)(C)OC(N)=O. The van der Waals surface area contributed by atoms with Crippen LogP contribution in [0.4, 0.5) is 4.79 Å². The van der Waals surface area contributed by atoms with E-state index in [4.69, 9.17) is 20.9 Å². The number of primary amides is 2. The average molecular weight is 376 g/mol. The third kappa shape index (κ3) is 4.10. The maximum absolute atomic E-state index is 11.8. The van der Waals surface area contributed by atoms with Crippen LogP contribution in [0, 0.1) is 5.92 Å². The summed E-state index contributed by atoms with van der Waals surface area (Å²) in [5.41, 5.74) is 12.7. The van der Waals surface area contributed by atoms with Crippen LogP contribution in [0.1, 0.15) is 68.4 Å². The Hall–Kier alpha value is -2.08. The van der Waals surface area contributed by atoms with Crippen molar-refractivity contribution in [3.8, 4) is 0 Å². The minimum atomic E-state index is -0.778. The number of benzene rings is 1. The first-order valence-electron chi connectivity index (χ1n) is 9.54. The molecule has 0 radical (unpaired) electrons. The van der Waals surface area contributed by atoms with E-state index >= 15 is 0 Å². The molecule has 2 atom stereocenters. The van der Waals surface area contributed by atoms with Crippen molar-refractivity contribution in [1.82, 2.24) is 0 Å². The Bertz CT molecular complexity index is 710. The number of amides is 2. The second-order valence-corrected chi connectivity index (χ2v) is 8.07. The molecule has 6 nitrogen and oxygen atoms in total. The fraction of sp³-hybridized carbons (Fsp3) is 0.619. The Balaban J connectivity index is 2.58. The lowest BCUT2D eigenvalue weighted by atomic mass is 9.57. The summed E-state index contributed by atoms with van der Waals surface area (Å²) >= 11 is 0. The Morgan fingerprint density at radius 3 is 2.33 bits per heavy atom. The molecule has 0 heterocycles. The van der Waals surface area contributed by atoms with E-state index in [1.807, 2.05) is 26.0 Å². The van der Waals surface area contributed by atoms with E-state index < -0.39 is 17.6 Å². The number of ether oxygens (including phenoxy) is 2. The van der Waals surface area contributed by atoms with Crippen LogP contribution in [0.25, 0.3) is 0 Å². The lowest BCUT2D eigenvalue weighted by molar-refractivity contribution is -0.0486. The summed E-state index contributed by atoms with van der Waals surface area (Å²) in [5.74, 6) is -0.329. The molecule has 0 bridgehead atoms. The van der Waals surface area contributed by atoms with Crippen LogP contribution in [0.2, 0.25) is 0 Å². The summed E-state index contributed by atoms with van der Waals surface area (Å²) in [6.07, 6.45) is 2.29. The number of rotatable bonds is 7. The van der Waals surface area contributed by atoms with E-state index in [2.05, 4.69) is 13.8 Å². The molecule has 0 saturated carbocycles. The van der Waals surface area contributed by atoms with Gasteiger partial charge in [0.25, 0.3) is 0 Å². The molecule has 1 aromatic rings. The summed E-state index contributed by atoms with van der Waals surface area (Å²) < 4.78 is 11.3. The van der Waals surface area contributed by atoms with Crippen molar-refractivity contribution in [3.63, 3.8) is 0 Å². The second-order valence-electron chi connectivity index (χ2n) is 8.07. The van der Waals surface area contributed by atoms with Gasteiger partial charge in [0, 0.05) is 18.1 Å². The van der Waals surface area contributed by atoms with Crippen LogP contribution in [-0.4, -0.2) is 30.8 Å². The molecule has 1 aliphatic rings. The highest BCUT2D eigenvalue weighted by molar-refractivity contribution is 5.93. The van der Waals surface area contributed by atoms with Gasteiger partial charge in [-0.15, -0.1) is 0 Å². The first-order chi connectivity index (χ1) is 12.6. The van der Waals surface area contributed by atoms with Crippen molar-refractivity contribution in [2.75, 3.05) is 7.11 Å². The minimum absolute atomic E-state index is 0.0208. The van der Waals surface area contributed by atoms with Crippen LogP contribution >= 0.6 is 0 Å². The van der Waals surface area contributed by atoms with Gasteiger partial charge in [0.15, 0.2) is 0 Å². The van der Waals surface area contributed by atoms with Crippen molar-refractivity contribution >= 4 is 12.0 Å². The van der Waals surface area contributed by atoms with Gasteiger partial charge < -0.3 is 20.9 Å². The van der Waals surface area contributed by atoms with E-state index in [1.54, 1.807) is 13.2 Å². The molecule has 6 heteroatoms. The van der Waals surface area contributed by atoms with Crippen LogP contribution in [0.5, 0.6) is 0 Å². The summed E-state index contributed by atoms with van der Waals surface area (Å²) in [7, 11) is 1.72. The van der Waals surface area contributed by atoms with E-state index in [0.717, 1.165) is 24.8 Å². The van der Waals surface area contributed by atoms with Crippen LogP contribution in [0.15, 0.2) is 18.2 Å². The van der Waals surface area contributed by atoms with Gasteiger partial charge in [0.2, 0.25) is 5.91 Å². The fourth-order valence-electron chi connectivity index (χ4n) is 4.86. The molecule has 0 spiro atoms. The highest BCUT2D eigenvalue weighted by atomic mass is 16.6. The van der Waals surface area contributed by atoms with E-state index in [9.17, 15) is 9.59 Å². The predicted molar refractivity (Wildman–Crippen MR) is 105 cm³/mol. The number of hydrogen-bond acceptors (Lipinski definition) is 4. The van der Waals surface area contributed by atoms with Gasteiger partial charge in [0.1, 0.15) is 5.60 Å². The average Bonchev–Trinajstić information content (AvgIpc) is 2.59. The van der Waals surface area contributed by atoms with E-state index in [0.29, 0.717) is 12.0 Å². The minimum Gasteiger partial charge on any atom is -0.444 e. The number of methoxy groups -OCH3 is 1. The quantitative estimate of drug-likeness (QED) is 0.762. The maximum atomic E-state index is 11.8. The van der Waals surface area contributed by atoms with E-state index in [-0.39, 0.29) is 17.4 Å². The Morgan fingerprint density at radius 1 is 1.22 bits per heavy atom. The van der Waals surface area contributed by atoms with Gasteiger partial charge in [-0.2, -0.15) is 0 Å². The van der Waals surface area contributed by atoms with Gasteiger partial charge in [-0.1, -0.05) is 19.9 Å². The van der Waals surface area contributed by atoms with Gasteiger partial charge in [-0.25, -0.2) is 4.79 Å². The summed E-state index contributed by atoms with van der Waals surface area (Å²) in [5, 5.41) is 0. The van der Waals surface area contributed by atoms with Crippen molar-refractivity contribution in [2.45, 2.75) is 70.5 Å². The predicted octanol–water partition coefficient (Wildman–Crippen LogP) is 3.29. The summed E-state index contributed by atoms with van der Waals surface area (Å²) in [6.45, 7) is 8.04. The highest BCUT2D eigenvalue weighted by Crippen LogP contribution is 2.50. The number of carbonyl (C=O) groups excluding carboxylic acids is 2. The highest BCUT2D eigenvalue weighted by Gasteiger charge is 2.49. The zero-order valence-corrected chi connectivity index (χ0v) is 17.0. The maximum Gasteiger partial charge on any atom is 0.405 e. The standard InChI is InChI=1S/C21H32N2O4/c1-6-21(7-2)15-10-14(18(22)24)9-8-13(15)11-17(26-5)16(21)12-20(3,4)27-19(23)25/h8-10,16-17H,6-7,11-12H2,1-5H3,(H2,22,24)(H2,23,25)/t16-,17+/m0/s1. The monoisotopic (exact) mass is 376 g/mol. The molecule has 0 saturated heterocycles. The molecule has 150 valence electrons. The molecule has 2 rings (SSSR count). The van der Waals surface area contributed by atoms with E-state index in [1.165, 1.54) is 5.56 Å². The molecule has 4 N–H and O–H groups in total. The molecule has 0 aromatic heterocycles. The molecule has 2 amide bonds. The van der Waals surface area contributed by atoms with Crippen molar-refractivity contribution in [1.29, 1.82) is 0 Å². The topological polar surface area (TPSA) is 105 Å². The molecule has 0 aliphatic heterocycles. The van der Waals surface area contributed by atoms with Gasteiger partial charge in [-0.3, -0.25) is 4.79 Å². The number of hydrogen-bond donors (Lipinski definition) is 2. The first-order valence-corrected chi connectivity index (χ1v) is 9.54. The van der Waals surface area contributed by atoms with Crippen molar-refractivity contribution in [3.05, 3.63) is 34.9 Å². The third-order valence-corrected chi connectivity index (χ3v) is 6.16. The molecule has 27 heavy (non-hydrogen) atoms. The number of carbonyl (C=O) groups is 2. The number of fused-ring (bicyclic) bond motifs is 1. The molecule has 1 aromatic carbocycles. The molecular weight excluding hydrogens is 344 g/mol. The fourth-order valence-corrected chi connectivity index (χ4v) is 4.86. The lowest BCUT2D eigenvalue weighted by Gasteiger charge is -2.50.